The lowest BCUT2D eigenvalue weighted by atomic mass is 9.76. The molecule has 12 heavy (non-hydrogen) atoms. The second-order valence-corrected chi connectivity index (χ2v) is 3.77. The molecule has 0 aromatic rings. The van der Waals surface area contributed by atoms with Crippen LogP contribution in [0.2, 0.25) is 0 Å². The Morgan fingerprint density at radius 1 is 1.33 bits per heavy atom. The number of hydrogen-bond acceptors (Lipinski definition) is 0. The standard InChI is InChI=1S/C10H20.C2H6/c1-6-8-9(3)10(4,5)7-2;1-2/h6,9H,1,7-8H2,2-5H3;1-2H3. The third-order valence-electron chi connectivity index (χ3n) is 2.77. The first-order valence-corrected chi connectivity index (χ1v) is 5.15. The van der Waals surface area contributed by atoms with Crippen molar-refractivity contribution < 1.29 is 0 Å². The van der Waals surface area contributed by atoms with Gasteiger partial charge in [0.25, 0.3) is 0 Å². The van der Waals surface area contributed by atoms with Gasteiger partial charge in [-0.05, 0) is 17.8 Å². The fraction of sp³-hybridized carbons (Fsp3) is 0.833. The quantitative estimate of drug-likeness (QED) is 0.538. The van der Waals surface area contributed by atoms with Crippen molar-refractivity contribution in [2.75, 3.05) is 0 Å². The van der Waals surface area contributed by atoms with Crippen molar-refractivity contribution >= 4 is 0 Å². The van der Waals surface area contributed by atoms with Gasteiger partial charge in [0.05, 0.1) is 0 Å². The summed E-state index contributed by atoms with van der Waals surface area (Å²) in [6.07, 6.45) is 4.41. The van der Waals surface area contributed by atoms with Crippen LogP contribution in [0.1, 0.15) is 54.4 Å². The van der Waals surface area contributed by atoms with E-state index in [9.17, 15) is 0 Å². The first-order valence-electron chi connectivity index (χ1n) is 5.15. The Hall–Kier alpha value is -0.260. The molecule has 0 fully saturated rings. The zero-order valence-electron chi connectivity index (χ0n) is 9.78. The molecule has 0 saturated carbocycles. The van der Waals surface area contributed by atoms with E-state index < -0.39 is 0 Å². The zero-order valence-corrected chi connectivity index (χ0v) is 9.78. The zero-order chi connectivity index (χ0) is 10.2. The Balaban J connectivity index is 0. The number of rotatable bonds is 4. The minimum Gasteiger partial charge on any atom is -0.103 e. The fourth-order valence-corrected chi connectivity index (χ4v) is 0.917. The second kappa shape index (κ2) is 7.39. The molecule has 0 radical (unpaired) electrons. The van der Waals surface area contributed by atoms with E-state index in [4.69, 9.17) is 0 Å². The summed E-state index contributed by atoms with van der Waals surface area (Å²) in [5.41, 5.74) is 0.480. The summed E-state index contributed by atoms with van der Waals surface area (Å²) in [6, 6.07) is 0. The number of hydrogen-bond donors (Lipinski definition) is 0. The Labute approximate surface area is 79.1 Å². The molecule has 0 aliphatic carbocycles. The van der Waals surface area contributed by atoms with Crippen LogP contribution in [-0.2, 0) is 0 Å². The highest BCUT2D eigenvalue weighted by Gasteiger charge is 2.21. The summed E-state index contributed by atoms with van der Waals surface area (Å²) in [5, 5.41) is 0. The maximum Gasteiger partial charge on any atom is -0.0322 e. The molecule has 0 nitrogen and oxygen atoms in total. The predicted molar refractivity (Wildman–Crippen MR) is 59.4 cm³/mol. The van der Waals surface area contributed by atoms with E-state index in [1.165, 1.54) is 6.42 Å². The van der Waals surface area contributed by atoms with Gasteiger partial charge in [-0.1, -0.05) is 54.0 Å². The molecule has 0 amide bonds. The Morgan fingerprint density at radius 2 is 1.75 bits per heavy atom. The molecule has 0 aromatic carbocycles. The van der Waals surface area contributed by atoms with Crippen molar-refractivity contribution in [3.63, 3.8) is 0 Å². The third-order valence-corrected chi connectivity index (χ3v) is 2.77. The maximum atomic E-state index is 3.75. The molecule has 0 aliphatic rings. The van der Waals surface area contributed by atoms with E-state index in [-0.39, 0.29) is 0 Å². The highest BCUT2D eigenvalue weighted by Crippen LogP contribution is 2.32. The van der Waals surface area contributed by atoms with Crippen molar-refractivity contribution in [2.24, 2.45) is 11.3 Å². The molecular formula is C12H26. The fourth-order valence-electron chi connectivity index (χ4n) is 0.917. The lowest BCUT2D eigenvalue weighted by molar-refractivity contribution is 0.223. The molecule has 0 heteroatoms. The van der Waals surface area contributed by atoms with Crippen molar-refractivity contribution in [3.05, 3.63) is 12.7 Å². The third kappa shape index (κ3) is 5.40. The Kier molecular flexibility index (Phi) is 8.79. The summed E-state index contributed by atoms with van der Waals surface area (Å²) in [7, 11) is 0. The minimum absolute atomic E-state index is 0.480. The average Bonchev–Trinajstić information content (AvgIpc) is 2.08. The van der Waals surface area contributed by atoms with E-state index in [1.807, 2.05) is 19.9 Å². The van der Waals surface area contributed by atoms with Gasteiger partial charge in [0.2, 0.25) is 0 Å². The van der Waals surface area contributed by atoms with Crippen LogP contribution >= 0.6 is 0 Å². The maximum absolute atomic E-state index is 3.75. The van der Waals surface area contributed by atoms with E-state index in [0.717, 1.165) is 12.3 Å². The summed E-state index contributed by atoms with van der Waals surface area (Å²) in [6.45, 7) is 16.9. The average molecular weight is 170 g/mol. The van der Waals surface area contributed by atoms with Crippen LogP contribution in [0.3, 0.4) is 0 Å². The van der Waals surface area contributed by atoms with E-state index in [0.29, 0.717) is 5.41 Å². The predicted octanol–water partition coefficient (Wildman–Crippen LogP) is 4.66. The van der Waals surface area contributed by atoms with Crippen molar-refractivity contribution in [1.82, 2.24) is 0 Å². The molecule has 1 atom stereocenters. The van der Waals surface area contributed by atoms with Crippen LogP contribution in [0.15, 0.2) is 12.7 Å². The van der Waals surface area contributed by atoms with Crippen LogP contribution in [0.25, 0.3) is 0 Å². The molecular weight excluding hydrogens is 144 g/mol. The molecule has 0 aromatic heterocycles. The van der Waals surface area contributed by atoms with Crippen LogP contribution in [0, 0.1) is 11.3 Å². The molecule has 1 unspecified atom stereocenters. The highest BCUT2D eigenvalue weighted by molar-refractivity contribution is 4.80. The molecule has 0 bridgehead atoms. The molecule has 0 N–H and O–H groups in total. The molecule has 74 valence electrons. The van der Waals surface area contributed by atoms with Crippen LogP contribution < -0.4 is 0 Å². The summed E-state index contributed by atoms with van der Waals surface area (Å²) in [5.74, 6) is 0.759. The van der Waals surface area contributed by atoms with Gasteiger partial charge in [-0.3, -0.25) is 0 Å². The first kappa shape index (κ1) is 14.3. The van der Waals surface area contributed by atoms with Crippen molar-refractivity contribution in [3.8, 4) is 0 Å². The lowest BCUT2D eigenvalue weighted by Gasteiger charge is -2.29. The molecule has 0 spiro atoms. The van der Waals surface area contributed by atoms with E-state index >= 15 is 0 Å². The Bertz CT molecular complexity index is 101. The van der Waals surface area contributed by atoms with Crippen LogP contribution in [0.4, 0.5) is 0 Å². The lowest BCUT2D eigenvalue weighted by Crippen LogP contribution is -2.19. The minimum atomic E-state index is 0.480. The van der Waals surface area contributed by atoms with E-state index in [1.54, 1.807) is 0 Å². The summed E-state index contributed by atoms with van der Waals surface area (Å²) in [4.78, 5) is 0. The Morgan fingerprint density at radius 3 is 2.00 bits per heavy atom. The second-order valence-electron chi connectivity index (χ2n) is 3.77. The van der Waals surface area contributed by atoms with Crippen molar-refractivity contribution in [1.29, 1.82) is 0 Å². The van der Waals surface area contributed by atoms with Gasteiger partial charge in [-0.15, -0.1) is 6.58 Å². The van der Waals surface area contributed by atoms with Gasteiger partial charge in [0.15, 0.2) is 0 Å². The molecule has 0 rings (SSSR count). The van der Waals surface area contributed by atoms with Gasteiger partial charge in [0, 0.05) is 0 Å². The van der Waals surface area contributed by atoms with Gasteiger partial charge in [-0.25, -0.2) is 0 Å². The van der Waals surface area contributed by atoms with Crippen LogP contribution in [0.5, 0.6) is 0 Å². The molecule has 0 heterocycles. The van der Waals surface area contributed by atoms with Gasteiger partial charge in [0.1, 0.15) is 0 Å². The van der Waals surface area contributed by atoms with Crippen molar-refractivity contribution in [2.45, 2.75) is 54.4 Å². The van der Waals surface area contributed by atoms with Gasteiger partial charge >= 0.3 is 0 Å². The SMILES string of the molecule is C=CCC(C)C(C)(C)CC.CC. The summed E-state index contributed by atoms with van der Waals surface area (Å²) >= 11 is 0. The smallest absolute Gasteiger partial charge is 0.0322 e. The monoisotopic (exact) mass is 170 g/mol. The highest BCUT2D eigenvalue weighted by atomic mass is 14.3. The number of allylic oxidation sites excluding steroid dienone is 1. The topological polar surface area (TPSA) is 0 Å². The summed E-state index contributed by atoms with van der Waals surface area (Å²) < 4.78 is 0. The largest absolute Gasteiger partial charge is 0.103 e. The first-order chi connectivity index (χ1) is 5.54. The molecule has 0 saturated heterocycles. The normalized spacial score (nSPS) is 12.8. The van der Waals surface area contributed by atoms with Gasteiger partial charge in [-0.2, -0.15) is 0 Å². The van der Waals surface area contributed by atoms with E-state index in [2.05, 4.69) is 34.3 Å². The molecule has 0 aliphatic heterocycles. The van der Waals surface area contributed by atoms with Crippen LogP contribution in [-0.4, -0.2) is 0 Å². The van der Waals surface area contributed by atoms with Gasteiger partial charge < -0.3 is 0 Å².